The van der Waals surface area contributed by atoms with Gasteiger partial charge in [0.1, 0.15) is 5.82 Å². The molecule has 3 heteroatoms. The van der Waals surface area contributed by atoms with E-state index < -0.39 is 0 Å². The molecule has 0 aliphatic heterocycles. The van der Waals surface area contributed by atoms with Crippen LogP contribution in [-0.2, 0) is 0 Å². The average Bonchev–Trinajstić information content (AvgIpc) is 2.20. The largest absolute Gasteiger partial charge is 0.385 e. The van der Waals surface area contributed by atoms with Gasteiger partial charge in [0.2, 0.25) is 0 Å². The lowest BCUT2D eigenvalue weighted by atomic mass is 10.1. The van der Waals surface area contributed by atoms with Crippen molar-refractivity contribution < 1.29 is 4.39 Å². The minimum atomic E-state index is -0.371. The van der Waals surface area contributed by atoms with Crippen molar-refractivity contribution in [2.75, 3.05) is 11.9 Å². The summed E-state index contributed by atoms with van der Waals surface area (Å²) in [6.07, 6.45) is 2.38. The van der Waals surface area contributed by atoms with Crippen LogP contribution in [0.2, 0.25) is 5.02 Å². The van der Waals surface area contributed by atoms with Gasteiger partial charge < -0.3 is 5.32 Å². The van der Waals surface area contributed by atoms with E-state index in [4.69, 9.17) is 11.6 Å². The molecule has 0 bridgehead atoms. The van der Waals surface area contributed by atoms with Crippen LogP contribution in [0.3, 0.4) is 0 Å². The molecule has 0 heterocycles. The van der Waals surface area contributed by atoms with Crippen LogP contribution in [-0.4, -0.2) is 6.54 Å². The van der Waals surface area contributed by atoms with Crippen molar-refractivity contribution in [3.8, 4) is 0 Å². The highest BCUT2D eigenvalue weighted by Gasteiger charge is 2.03. The lowest BCUT2D eigenvalue weighted by Crippen LogP contribution is -2.10. The summed E-state index contributed by atoms with van der Waals surface area (Å²) in [6, 6.07) is 4.71. The summed E-state index contributed by atoms with van der Waals surface area (Å²) >= 11 is 5.68. The Morgan fingerprint density at radius 1 is 1.47 bits per heavy atom. The maximum absolute atomic E-state index is 12.9. The van der Waals surface area contributed by atoms with E-state index in [1.165, 1.54) is 18.9 Å². The van der Waals surface area contributed by atoms with Gasteiger partial charge in [-0.3, -0.25) is 0 Å². The maximum Gasteiger partial charge on any atom is 0.141 e. The Morgan fingerprint density at radius 2 is 2.20 bits per heavy atom. The summed E-state index contributed by atoms with van der Waals surface area (Å²) in [4.78, 5) is 0. The maximum atomic E-state index is 12.9. The van der Waals surface area contributed by atoms with Crippen LogP contribution >= 0.6 is 11.6 Å². The molecular weight excluding hydrogens is 213 g/mol. The molecule has 0 saturated carbocycles. The van der Waals surface area contributed by atoms with Crippen LogP contribution in [0.15, 0.2) is 18.2 Å². The highest BCUT2D eigenvalue weighted by Crippen LogP contribution is 2.19. The van der Waals surface area contributed by atoms with E-state index in [2.05, 4.69) is 19.2 Å². The average molecular weight is 230 g/mol. The molecule has 1 nitrogen and oxygen atoms in total. The van der Waals surface area contributed by atoms with Crippen molar-refractivity contribution >= 4 is 17.3 Å². The van der Waals surface area contributed by atoms with Gasteiger partial charge >= 0.3 is 0 Å². The number of nitrogens with one attached hydrogen (secondary N) is 1. The summed E-state index contributed by atoms with van der Waals surface area (Å²) in [5.41, 5.74) is 0.879. The monoisotopic (exact) mass is 229 g/mol. The predicted octanol–water partition coefficient (Wildman–Crippen LogP) is 4.33. The van der Waals surface area contributed by atoms with E-state index >= 15 is 0 Å². The van der Waals surface area contributed by atoms with Gasteiger partial charge in [-0.25, -0.2) is 4.39 Å². The van der Waals surface area contributed by atoms with Crippen molar-refractivity contribution in [1.29, 1.82) is 0 Å². The lowest BCUT2D eigenvalue weighted by molar-refractivity contribution is 0.550. The standard InChI is InChI=1S/C12H17ClFN/c1-3-4-9(2)8-15-10-5-6-12(14)11(13)7-10/h5-7,9,15H,3-4,8H2,1-2H3. The molecule has 1 aromatic carbocycles. The molecule has 0 saturated heterocycles. The molecule has 0 aromatic heterocycles. The molecule has 1 N–H and O–H groups in total. The smallest absolute Gasteiger partial charge is 0.141 e. The van der Waals surface area contributed by atoms with Crippen LogP contribution < -0.4 is 5.32 Å². The number of hydrogen-bond donors (Lipinski definition) is 1. The highest BCUT2D eigenvalue weighted by atomic mass is 35.5. The molecule has 0 fully saturated rings. The summed E-state index contributed by atoms with van der Waals surface area (Å²) in [7, 11) is 0. The Bertz CT molecular complexity index is 314. The lowest BCUT2D eigenvalue weighted by Gasteiger charge is -2.12. The Hall–Kier alpha value is -0.760. The topological polar surface area (TPSA) is 12.0 Å². The second-order valence-electron chi connectivity index (χ2n) is 3.90. The van der Waals surface area contributed by atoms with Gasteiger partial charge in [0.05, 0.1) is 5.02 Å². The predicted molar refractivity (Wildman–Crippen MR) is 64.0 cm³/mol. The highest BCUT2D eigenvalue weighted by molar-refractivity contribution is 6.31. The minimum Gasteiger partial charge on any atom is -0.385 e. The van der Waals surface area contributed by atoms with Crippen molar-refractivity contribution in [2.45, 2.75) is 26.7 Å². The van der Waals surface area contributed by atoms with Crippen LogP contribution in [0.1, 0.15) is 26.7 Å². The molecule has 0 aliphatic rings. The fourth-order valence-electron chi connectivity index (χ4n) is 1.49. The van der Waals surface area contributed by atoms with Crippen molar-refractivity contribution in [2.24, 2.45) is 5.92 Å². The van der Waals surface area contributed by atoms with Gasteiger partial charge in [-0.05, 0) is 30.5 Å². The first kappa shape index (κ1) is 12.3. The molecule has 84 valence electrons. The third-order valence-corrected chi connectivity index (χ3v) is 2.65. The van der Waals surface area contributed by atoms with E-state index in [1.807, 2.05) is 0 Å². The quantitative estimate of drug-likeness (QED) is 0.793. The fourth-order valence-corrected chi connectivity index (χ4v) is 1.67. The van der Waals surface area contributed by atoms with E-state index in [0.717, 1.165) is 12.2 Å². The van der Waals surface area contributed by atoms with Crippen LogP contribution in [0.5, 0.6) is 0 Å². The molecule has 0 radical (unpaired) electrons. The van der Waals surface area contributed by atoms with Gasteiger partial charge in [0.25, 0.3) is 0 Å². The summed E-state index contributed by atoms with van der Waals surface area (Å²) in [5, 5.41) is 3.42. The number of halogens is 2. The third-order valence-electron chi connectivity index (χ3n) is 2.36. The van der Waals surface area contributed by atoms with Crippen molar-refractivity contribution in [3.05, 3.63) is 29.0 Å². The molecule has 0 spiro atoms. The zero-order valence-corrected chi connectivity index (χ0v) is 9.94. The van der Waals surface area contributed by atoms with Gasteiger partial charge in [0, 0.05) is 12.2 Å². The van der Waals surface area contributed by atoms with Crippen molar-refractivity contribution in [3.63, 3.8) is 0 Å². The first-order chi connectivity index (χ1) is 7.13. The second kappa shape index (κ2) is 5.96. The minimum absolute atomic E-state index is 0.170. The van der Waals surface area contributed by atoms with Gasteiger partial charge in [-0.15, -0.1) is 0 Å². The van der Waals surface area contributed by atoms with Gasteiger partial charge in [0.15, 0.2) is 0 Å². The first-order valence-corrected chi connectivity index (χ1v) is 5.70. The van der Waals surface area contributed by atoms with Crippen LogP contribution in [0.25, 0.3) is 0 Å². The number of hydrogen-bond acceptors (Lipinski definition) is 1. The molecular formula is C12H17ClFN. The number of rotatable bonds is 5. The molecule has 1 unspecified atom stereocenters. The molecule has 1 rings (SSSR count). The Balaban J connectivity index is 2.47. The van der Waals surface area contributed by atoms with Crippen molar-refractivity contribution in [1.82, 2.24) is 0 Å². The van der Waals surface area contributed by atoms with E-state index in [0.29, 0.717) is 5.92 Å². The Labute approximate surface area is 95.6 Å². The first-order valence-electron chi connectivity index (χ1n) is 5.32. The summed E-state index contributed by atoms with van der Waals surface area (Å²) in [6.45, 7) is 5.27. The third kappa shape index (κ3) is 4.08. The van der Waals surface area contributed by atoms with Gasteiger partial charge in [-0.1, -0.05) is 31.9 Å². The molecule has 1 aromatic rings. The zero-order valence-electron chi connectivity index (χ0n) is 9.19. The number of benzene rings is 1. The molecule has 1 atom stereocenters. The Kier molecular flexibility index (Phi) is 4.89. The summed E-state index contributed by atoms with van der Waals surface area (Å²) in [5.74, 6) is 0.252. The van der Waals surface area contributed by atoms with E-state index in [-0.39, 0.29) is 10.8 Å². The zero-order chi connectivity index (χ0) is 11.3. The molecule has 0 amide bonds. The normalized spacial score (nSPS) is 12.5. The number of anilines is 1. The van der Waals surface area contributed by atoms with Gasteiger partial charge in [-0.2, -0.15) is 0 Å². The van der Waals surface area contributed by atoms with E-state index in [9.17, 15) is 4.39 Å². The SMILES string of the molecule is CCCC(C)CNc1ccc(F)c(Cl)c1. The Morgan fingerprint density at radius 3 is 2.80 bits per heavy atom. The van der Waals surface area contributed by atoms with Crippen LogP contribution in [0, 0.1) is 11.7 Å². The fraction of sp³-hybridized carbons (Fsp3) is 0.500. The molecule has 0 aliphatic carbocycles. The molecule has 15 heavy (non-hydrogen) atoms. The van der Waals surface area contributed by atoms with Crippen LogP contribution in [0.4, 0.5) is 10.1 Å². The summed E-state index contributed by atoms with van der Waals surface area (Å²) < 4.78 is 12.9. The van der Waals surface area contributed by atoms with E-state index in [1.54, 1.807) is 12.1 Å². The second-order valence-corrected chi connectivity index (χ2v) is 4.31.